The molecule has 2 saturated heterocycles. The summed E-state index contributed by atoms with van der Waals surface area (Å²) in [6.07, 6.45) is 10.4. The highest BCUT2D eigenvalue weighted by Crippen LogP contribution is 2.42. The van der Waals surface area contributed by atoms with E-state index in [9.17, 15) is 4.79 Å². The average molecular weight is 387 g/mol. The number of benzene rings is 1. The molecule has 0 saturated carbocycles. The molecule has 0 N–H and O–H groups in total. The van der Waals surface area contributed by atoms with Crippen LogP contribution < -0.4 is 4.90 Å². The maximum atomic E-state index is 12.9. The molecule has 5 rings (SSSR count). The van der Waals surface area contributed by atoms with Crippen LogP contribution in [0.5, 0.6) is 0 Å². The minimum absolute atomic E-state index is 0.0738. The number of rotatable bonds is 2. The summed E-state index contributed by atoms with van der Waals surface area (Å²) in [6, 6.07) is 11.8. The first kappa shape index (κ1) is 18.0. The van der Waals surface area contributed by atoms with Crippen LogP contribution in [0, 0.1) is 0 Å². The van der Waals surface area contributed by atoms with E-state index in [4.69, 9.17) is 4.98 Å². The van der Waals surface area contributed by atoms with E-state index in [1.165, 1.54) is 0 Å². The van der Waals surface area contributed by atoms with Gasteiger partial charge in [-0.3, -0.25) is 9.78 Å². The van der Waals surface area contributed by atoms with Gasteiger partial charge in [0.05, 0.1) is 5.52 Å². The van der Waals surface area contributed by atoms with E-state index in [0.717, 1.165) is 74.0 Å². The Morgan fingerprint density at radius 2 is 1.69 bits per heavy atom. The molecule has 2 aromatic heterocycles. The van der Waals surface area contributed by atoms with Crippen LogP contribution in [0.4, 0.5) is 5.82 Å². The number of aromatic nitrogens is 3. The molecule has 6 nitrogen and oxygen atoms in total. The molecule has 1 amide bonds. The molecule has 0 aliphatic carbocycles. The third-order valence-electron chi connectivity index (χ3n) is 6.51. The molecule has 0 radical (unpaired) electrons. The Balaban J connectivity index is 1.42. The molecule has 4 heterocycles. The Kier molecular flexibility index (Phi) is 4.62. The first-order chi connectivity index (χ1) is 14.3. The zero-order valence-electron chi connectivity index (χ0n) is 16.5. The van der Waals surface area contributed by atoms with Gasteiger partial charge in [-0.1, -0.05) is 12.1 Å². The van der Waals surface area contributed by atoms with Crippen molar-refractivity contribution >= 4 is 22.6 Å². The van der Waals surface area contributed by atoms with Gasteiger partial charge in [-0.2, -0.15) is 0 Å². The highest BCUT2D eigenvalue weighted by Gasteiger charge is 2.43. The number of amides is 1. The van der Waals surface area contributed by atoms with Crippen LogP contribution in [0.2, 0.25) is 0 Å². The first-order valence-corrected chi connectivity index (χ1v) is 10.4. The van der Waals surface area contributed by atoms with Crippen LogP contribution in [-0.4, -0.2) is 50.9 Å². The molecule has 2 aliphatic heterocycles. The molecule has 1 aromatic carbocycles. The lowest BCUT2D eigenvalue weighted by Gasteiger charge is -2.39. The summed E-state index contributed by atoms with van der Waals surface area (Å²) in [7, 11) is 0. The number of para-hydroxylation sites is 1. The molecule has 1 spiro atoms. The highest BCUT2D eigenvalue weighted by atomic mass is 16.2. The third kappa shape index (κ3) is 3.22. The van der Waals surface area contributed by atoms with E-state index in [2.05, 4.69) is 27.0 Å². The first-order valence-electron chi connectivity index (χ1n) is 10.4. The molecule has 29 heavy (non-hydrogen) atoms. The number of carbonyl (C=O) groups is 1. The summed E-state index contributed by atoms with van der Waals surface area (Å²) in [5.41, 5.74) is 1.79. The van der Waals surface area contributed by atoms with Crippen molar-refractivity contribution in [2.45, 2.75) is 37.6 Å². The van der Waals surface area contributed by atoms with Crippen molar-refractivity contribution in [3.63, 3.8) is 0 Å². The molecule has 2 aliphatic rings. The summed E-state index contributed by atoms with van der Waals surface area (Å²) in [4.78, 5) is 30.6. The topological polar surface area (TPSA) is 62.2 Å². The minimum atomic E-state index is 0.0738. The Morgan fingerprint density at radius 1 is 0.897 bits per heavy atom. The van der Waals surface area contributed by atoms with Crippen molar-refractivity contribution in [2.24, 2.45) is 0 Å². The van der Waals surface area contributed by atoms with Crippen LogP contribution in [0.15, 0.2) is 55.1 Å². The fourth-order valence-corrected chi connectivity index (χ4v) is 5.05. The van der Waals surface area contributed by atoms with Crippen molar-refractivity contribution in [1.29, 1.82) is 0 Å². The van der Waals surface area contributed by atoms with Gasteiger partial charge in [0.25, 0.3) is 5.91 Å². The fraction of sp³-hybridized carbons (Fsp3) is 0.391. The molecule has 3 aromatic rings. The number of pyridine rings is 1. The molecule has 148 valence electrons. The summed E-state index contributed by atoms with van der Waals surface area (Å²) < 4.78 is 0. The molecule has 6 heteroatoms. The second kappa shape index (κ2) is 7.43. The normalized spacial score (nSPS) is 22.2. The van der Waals surface area contributed by atoms with Gasteiger partial charge in [-0.05, 0) is 56.4 Å². The smallest absolute Gasteiger partial charge is 0.253 e. The van der Waals surface area contributed by atoms with Gasteiger partial charge in [0.15, 0.2) is 0 Å². The number of anilines is 1. The lowest BCUT2D eigenvalue weighted by atomic mass is 9.87. The zero-order valence-corrected chi connectivity index (χ0v) is 16.5. The molecule has 1 atom stereocenters. The van der Waals surface area contributed by atoms with Crippen LogP contribution in [0.3, 0.4) is 0 Å². The maximum absolute atomic E-state index is 12.9. The van der Waals surface area contributed by atoms with Crippen LogP contribution in [0.25, 0.3) is 10.9 Å². The second-order valence-electron chi connectivity index (χ2n) is 8.08. The van der Waals surface area contributed by atoms with Gasteiger partial charge in [-0.15, -0.1) is 0 Å². The van der Waals surface area contributed by atoms with E-state index in [1.807, 2.05) is 17.0 Å². The summed E-state index contributed by atoms with van der Waals surface area (Å²) in [5, 5.41) is 1.12. The highest BCUT2D eigenvalue weighted by molar-refractivity contribution is 5.94. The predicted molar refractivity (Wildman–Crippen MR) is 113 cm³/mol. The second-order valence-corrected chi connectivity index (χ2v) is 8.08. The van der Waals surface area contributed by atoms with Crippen LogP contribution in [0.1, 0.15) is 42.5 Å². The van der Waals surface area contributed by atoms with E-state index in [0.29, 0.717) is 0 Å². The number of hydrogen-bond donors (Lipinski definition) is 0. The Bertz CT molecular complexity index is 1020. The fourth-order valence-electron chi connectivity index (χ4n) is 5.05. The Morgan fingerprint density at radius 3 is 2.55 bits per heavy atom. The molecule has 0 bridgehead atoms. The third-order valence-corrected chi connectivity index (χ3v) is 6.51. The van der Waals surface area contributed by atoms with Gasteiger partial charge in [0.1, 0.15) is 12.1 Å². The molecular formula is C23H25N5O. The van der Waals surface area contributed by atoms with Crippen molar-refractivity contribution in [3.8, 4) is 0 Å². The summed E-state index contributed by atoms with van der Waals surface area (Å²) in [5.74, 6) is 1.16. The van der Waals surface area contributed by atoms with Gasteiger partial charge in [0.2, 0.25) is 0 Å². The van der Waals surface area contributed by atoms with Crippen LogP contribution >= 0.6 is 0 Å². The van der Waals surface area contributed by atoms with Crippen molar-refractivity contribution in [2.75, 3.05) is 24.5 Å². The maximum Gasteiger partial charge on any atom is 0.253 e. The number of nitrogens with zero attached hydrogens (tertiary/aromatic N) is 5. The SMILES string of the molecule is O=C(c1ccncc1)N1CCC[C@]2(CCCN2c2ncnc3ccccc23)CC1. The molecular weight excluding hydrogens is 362 g/mol. The van der Waals surface area contributed by atoms with Gasteiger partial charge < -0.3 is 9.80 Å². The monoisotopic (exact) mass is 387 g/mol. The Labute approximate surface area is 170 Å². The number of carbonyl (C=O) groups excluding carboxylic acids is 1. The summed E-state index contributed by atoms with van der Waals surface area (Å²) >= 11 is 0. The van der Waals surface area contributed by atoms with E-state index in [-0.39, 0.29) is 11.4 Å². The van der Waals surface area contributed by atoms with Gasteiger partial charge >= 0.3 is 0 Å². The lowest BCUT2D eigenvalue weighted by molar-refractivity contribution is 0.0759. The van der Waals surface area contributed by atoms with Crippen molar-refractivity contribution < 1.29 is 4.79 Å². The van der Waals surface area contributed by atoms with E-state index in [1.54, 1.807) is 30.9 Å². The predicted octanol–water partition coefficient (Wildman–Crippen LogP) is 3.69. The zero-order chi connectivity index (χ0) is 19.7. The van der Waals surface area contributed by atoms with Gasteiger partial charge in [0, 0.05) is 48.5 Å². The van der Waals surface area contributed by atoms with E-state index >= 15 is 0 Å². The lowest BCUT2D eigenvalue weighted by Crippen LogP contribution is -2.45. The summed E-state index contributed by atoms with van der Waals surface area (Å²) in [6.45, 7) is 2.60. The molecule has 2 fully saturated rings. The van der Waals surface area contributed by atoms with Gasteiger partial charge in [-0.25, -0.2) is 9.97 Å². The number of hydrogen-bond acceptors (Lipinski definition) is 5. The average Bonchev–Trinajstić information content (AvgIpc) is 3.06. The van der Waals surface area contributed by atoms with E-state index < -0.39 is 0 Å². The standard InChI is InChI=1S/C23H25N5O/c29-22(18-7-12-24-13-8-18)27-14-3-9-23(11-16-27)10-4-15-28(23)21-19-5-1-2-6-20(19)25-17-26-21/h1-2,5-8,12-13,17H,3-4,9-11,14-16H2/t23-/m0/s1. The number of likely N-dealkylation sites (tertiary alicyclic amines) is 1. The minimum Gasteiger partial charge on any atom is -0.350 e. The largest absolute Gasteiger partial charge is 0.350 e. The number of fused-ring (bicyclic) bond motifs is 1. The van der Waals surface area contributed by atoms with Crippen molar-refractivity contribution in [1.82, 2.24) is 19.9 Å². The van der Waals surface area contributed by atoms with Crippen LogP contribution in [-0.2, 0) is 0 Å². The quantitative estimate of drug-likeness (QED) is 0.671. The Hall–Kier alpha value is -3.02. The van der Waals surface area contributed by atoms with Crippen molar-refractivity contribution in [3.05, 3.63) is 60.7 Å². The molecule has 0 unspecified atom stereocenters.